The van der Waals surface area contributed by atoms with Gasteiger partial charge in [0, 0.05) is 12.6 Å². The van der Waals surface area contributed by atoms with Crippen LogP contribution in [0.1, 0.15) is 28.9 Å². The number of hydrogen-bond donors (Lipinski definition) is 1. The number of nitrogens with zero attached hydrogens (tertiary/aromatic N) is 1. The van der Waals surface area contributed by atoms with Gasteiger partial charge < -0.3 is 10.1 Å². The number of anilines is 1. The molecule has 0 aliphatic heterocycles. The fraction of sp³-hybridized carbons (Fsp3) is 0.174. The third-order valence-electron chi connectivity index (χ3n) is 4.91. The summed E-state index contributed by atoms with van der Waals surface area (Å²) >= 11 is 0. The molecule has 6 nitrogen and oxygen atoms in total. The Bertz CT molecular complexity index is 1160. The standard InChI is InChI=1S/C23H23FN2O4S/c1-16(17-7-13-21(30-3)14-8-17)25-23(27)18-5-4-6-22(15-18)31(28,29)26(2)20-11-9-19(24)10-12-20/h4-16H,1-3H3,(H,25,27)/t16-/m0/s1. The van der Waals surface area contributed by atoms with Gasteiger partial charge in [0.1, 0.15) is 11.6 Å². The van der Waals surface area contributed by atoms with E-state index >= 15 is 0 Å². The first-order valence-electron chi connectivity index (χ1n) is 9.52. The molecule has 0 aliphatic carbocycles. The van der Waals surface area contributed by atoms with E-state index < -0.39 is 21.7 Å². The number of halogens is 1. The highest BCUT2D eigenvalue weighted by Gasteiger charge is 2.23. The minimum Gasteiger partial charge on any atom is -0.497 e. The van der Waals surface area contributed by atoms with Crippen molar-refractivity contribution in [2.45, 2.75) is 17.9 Å². The Balaban J connectivity index is 1.79. The maximum atomic E-state index is 13.2. The van der Waals surface area contributed by atoms with Crippen LogP contribution in [-0.4, -0.2) is 28.5 Å². The molecule has 3 aromatic rings. The lowest BCUT2D eigenvalue weighted by Gasteiger charge is -2.20. The molecule has 0 heterocycles. The Morgan fingerprint density at radius 2 is 1.68 bits per heavy atom. The van der Waals surface area contributed by atoms with Crippen molar-refractivity contribution in [2.75, 3.05) is 18.5 Å². The molecule has 0 saturated carbocycles. The molecule has 162 valence electrons. The van der Waals surface area contributed by atoms with Crippen molar-refractivity contribution in [3.8, 4) is 5.75 Å². The van der Waals surface area contributed by atoms with Crippen LogP contribution in [0.3, 0.4) is 0 Å². The van der Waals surface area contributed by atoms with Crippen molar-refractivity contribution in [3.63, 3.8) is 0 Å². The van der Waals surface area contributed by atoms with Gasteiger partial charge in [-0.15, -0.1) is 0 Å². The van der Waals surface area contributed by atoms with Crippen molar-refractivity contribution in [1.29, 1.82) is 0 Å². The number of amides is 1. The second-order valence-corrected chi connectivity index (χ2v) is 8.91. The molecule has 1 N–H and O–H groups in total. The van der Waals surface area contributed by atoms with Crippen LogP contribution in [0.5, 0.6) is 5.75 Å². The molecule has 31 heavy (non-hydrogen) atoms. The van der Waals surface area contributed by atoms with E-state index in [0.717, 1.165) is 9.87 Å². The molecule has 0 spiro atoms. The van der Waals surface area contributed by atoms with Crippen molar-refractivity contribution in [2.24, 2.45) is 0 Å². The lowest BCUT2D eigenvalue weighted by molar-refractivity contribution is 0.0939. The Labute approximate surface area is 181 Å². The predicted octanol–water partition coefficient (Wildman–Crippen LogP) is 4.15. The average molecular weight is 443 g/mol. The van der Waals surface area contributed by atoms with Crippen LogP contribution in [0.25, 0.3) is 0 Å². The fourth-order valence-corrected chi connectivity index (χ4v) is 4.24. The highest BCUT2D eigenvalue weighted by molar-refractivity contribution is 7.92. The minimum absolute atomic E-state index is 0.0379. The summed E-state index contributed by atoms with van der Waals surface area (Å²) in [7, 11) is -0.978. The Morgan fingerprint density at radius 1 is 1.03 bits per heavy atom. The molecular formula is C23H23FN2O4S. The average Bonchev–Trinajstić information content (AvgIpc) is 2.79. The highest BCUT2D eigenvalue weighted by Crippen LogP contribution is 2.23. The molecule has 0 unspecified atom stereocenters. The molecule has 0 fully saturated rings. The van der Waals surface area contributed by atoms with Crippen LogP contribution in [0.15, 0.2) is 77.7 Å². The van der Waals surface area contributed by atoms with E-state index in [1.165, 1.54) is 49.5 Å². The number of nitrogens with one attached hydrogen (secondary N) is 1. The van der Waals surface area contributed by atoms with E-state index in [-0.39, 0.29) is 16.5 Å². The molecular weight excluding hydrogens is 419 g/mol. The largest absolute Gasteiger partial charge is 0.497 e. The van der Waals surface area contributed by atoms with Gasteiger partial charge in [-0.05, 0) is 67.1 Å². The van der Waals surface area contributed by atoms with Gasteiger partial charge in [-0.1, -0.05) is 18.2 Å². The summed E-state index contributed by atoms with van der Waals surface area (Å²) in [6.07, 6.45) is 0. The number of benzene rings is 3. The van der Waals surface area contributed by atoms with Gasteiger partial charge in [0.2, 0.25) is 0 Å². The van der Waals surface area contributed by atoms with Crippen molar-refractivity contribution < 1.29 is 22.3 Å². The SMILES string of the molecule is COc1ccc([C@H](C)NC(=O)c2cccc(S(=O)(=O)N(C)c3ccc(F)cc3)c2)cc1. The van der Waals surface area contributed by atoms with Gasteiger partial charge in [0.15, 0.2) is 0 Å². The second kappa shape index (κ2) is 9.18. The number of carbonyl (C=O) groups is 1. The van der Waals surface area contributed by atoms with Crippen molar-refractivity contribution in [3.05, 3.63) is 89.7 Å². The summed E-state index contributed by atoms with van der Waals surface area (Å²) in [6.45, 7) is 1.84. The number of carbonyl (C=O) groups excluding carboxylic acids is 1. The third kappa shape index (κ3) is 5.03. The molecule has 8 heteroatoms. The zero-order valence-electron chi connectivity index (χ0n) is 17.4. The molecule has 0 aliphatic rings. The lowest BCUT2D eigenvalue weighted by atomic mass is 10.1. The summed E-state index contributed by atoms with van der Waals surface area (Å²) in [5, 5.41) is 2.87. The van der Waals surface area contributed by atoms with Gasteiger partial charge in [-0.3, -0.25) is 9.10 Å². The normalized spacial score (nSPS) is 12.1. The number of methoxy groups -OCH3 is 1. The van der Waals surface area contributed by atoms with Crippen LogP contribution < -0.4 is 14.4 Å². The summed E-state index contributed by atoms with van der Waals surface area (Å²) in [5.41, 5.74) is 1.41. The predicted molar refractivity (Wildman–Crippen MR) is 117 cm³/mol. The fourth-order valence-electron chi connectivity index (χ4n) is 3.00. The van der Waals surface area contributed by atoms with Gasteiger partial charge in [-0.2, -0.15) is 0 Å². The maximum absolute atomic E-state index is 13.2. The number of hydrogen-bond acceptors (Lipinski definition) is 4. The second-order valence-electron chi connectivity index (χ2n) is 6.95. The van der Waals surface area contributed by atoms with Crippen LogP contribution in [-0.2, 0) is 10.0 Å². The summed E-state index contributed by atoms with van der Waals surface area (Å²) in [4.78, 5) is 12.7. The van der Waals surface area contributed by atoms with E-state index in [1.807, 2.05) is 19.1 Å². The molecule has 0 radical (unpaired) electrons. The molecule has 0 saturated heterocycles. The highest BCUT2D eigenvalue weighted by atomic mass is 32.2. The van der Waals surface area contributed by atoms with E-state index in [1.54, 1.807) is 25.3 Å². The van der Waals surface area contributed by atoms with Crippen LogP contribution in [0.2, 0.25) is 0 Å². The van der Waals surface area contributed by atoms with E-state index in [9.17, 15) is 17.6 Å². The minimum atomic E-state index is -3.93. The van der Waals surface area contributed by atoms with E-state index in [4.69, 9.17) is 4.74 Å². The molecule has 1 amide bonds. The molecule has 3 aromatic carbocycles. The lowest BCUT2D eigenvalue weighted by Crippen LogP contribution is -2.28. The van der Waals surface area contributed by atoms with E-state index in [0.29, 0.717) is 11.4 Å². The van der Waals surface area contributed by atoms with Crippen molar-refractivity contribution >= 4 is 21.6 Å². The summed E-state index contributed by atoms with van der Waals surface area (Å²) in [6, 6.07) is 17.9. The topological polar surface area (TPSA) is 75.7 Å². The van der Waals surface area contributed by atoms with Crippen LogP contribution >= 0.6 is 0 Å². The van der Waals surface area contributed by atoms with E-state index in [2.05, 4.69) is 5.32 Å². The first-order chi connectivity index (χ1) is 14.7. The van der Waals surface area contributed by atoms with Gasteiger partial charge in [0.25, 0.3) is 15.9 Å². The Kier molecular flexibility index (Phi) is 6.60. The molecule has 0 bridgehead atoms. The van der Waals surface area contributed by atoms with Crippen LogP contribution in [0, 0.1) is 5.82 Å². The number of rotatable bonds is 7. The Morgan fingerprint density at radius 3 is 2.29 bits per heavy atom. The maximum Gasteiger partial charge on any atom is 0.264 e. The smallest absolute Gasteiger partial charge is 0.264 e. The van der Waals surface area contributed by atoms with Gasteiger partial charge >= 0.3 is 0 Å². The quantitative estimate of drug-likeness (QED) is 0.596. The molecule has 1 atom stereocenters. The number of sulfonamides is 1. The van der Waals surface area contributed by atoms with Crippen LogP contribution in [0.4, 0.5) is 10.1 Å². The molecule has 0 aromatic heterocycles. The molecule has 3 rings (SSSR count). The van der Waals surface area contributed by atoms with Gasteiger partial charge in [0.05, 0.1) is 23.7 Å². The zero-order valence-corrected chi connectivity index (χ0v) is 18.2. The van der Waals surface area contributed by atoms with Gasteiger partial charge in [-0.25, -0.2) is 12.8 Å². The third-order valence-corrected chi connectivity index (χ3v) is 6.69. The number of ether oxygens (including phenoxy) is 1. The summed E-state index contributed by atoms with van der Waals surface area (Å²) in [5.74, 6) is -0.144. The monoisotopic (exact) mass is 442 g/mol. The first-order valence-corrected chi connectivity index (χ1v) is 11.0. The Hall–Kier alpha value is -3.39. The first kappa shape index (κ1) is 22.3. The zero-order chi connectivity index (χ0) is 22.6. The van der Waals surface area contributed by atoms with Crippen molar-refractivity contribution in [1.82, 2.24) is 5.32 Å². The summed E-state index contributed by atoms with van der Waals surface area (Å²) < 4.78 is 45.3.